The van der Waals surface area contributed by atoms with E-state index in [1.165, 1.54) is 17.1 Å². The highest BCUT2D eigenvalue weighted by molar-refractivity contribution is 7.13. The van der Waals surface area contributed by atoms with Gasteiger partial charge in [0, 0.05) is 44.8 Å². The van der Waals surface area contributed by atoms with Gasteiger partial charge in [-0.3, -0.25) is 18.8 Å². The highest BCUT2D eigenvalue weighted by atomic mass is 32.1. The van der Waals surface area contributed by atoms with Crippen LogP contribution in [0.4, 0.5) is 5.13 Å². The minimum atomic E-state index is -0.243. The van der Waals surface area contributed by atoms with Gasteiger partial charge < -0.3 is 9.80 Å². The van der Waals surface area contributed by atoms with Gasteiger partial charge in [0.1, 0.15) is 18.3 Å². The van der Waals surface area contributed by atoms with Crippen molar-refractivity contribution in [2.75, 3.05) is 31.1 Å². The number of hydrogen-bond donors (Lipinski definition) is 0. The van der Waals surface area contributed by atoms with Crippen molar-refractivity contribution in [3.63, 3.8) is 0 Å². The van der Waals surface area contributed by atoms with Crippen molar-refractivity contribution < 1.29 is 4.79 Å². The zero-order valence-electron chi connectivity index (χ0n) is 13.7. The predicted molar refractivity (Wildman–Crippen MR) is 93.7 cm³/mol. The van der Waals surface area contributed by atoms with Crippen LogP contribution in [0.5, 0.6) is 0 Å². The van der Waals surface area contributed by atoms with Crippen LogP contribution in [0.1, 0.15) is 0 Å². The third-order valence-electron chi connectivity index (χ3n) is 4.35. The van der Waals surface area contributed by atoms with Crippen LogP contribution in [-0.4, -0.2) is 61.3 Å². The quantitative estimate of drug-likeness (QED) is 0.651. The van der Waals surface area contributed by atoms with Crippen LogP contribution in [0, 0.1) is 0 Å². The van der Waals surface area contributed by atoms with Gasteiger partial charge in [0.15, 0.2) is 10.8 Å². The van der Waals surface area contributed by atoms with Crippen molar-refractivity contribution in [3.05, 3.63) is 34.5 Å². The molecule has 0 aromatic carbocycles. The van der Waals surface area contributed by atoms with Crippen molar-refractivity contribution in [3.8, 4) is 0 Å². The molecule has 0 atom stereocenters. The molecule has 0 unspecified atom stereocenters. The standard InChI is InChI=1S/C15H17N7O2S/c1-19-13-11(8-18-19)14(24)22(10-17-13)9-12(23)20-3-5-21(6-4-20)15-16-2-7-25-15/h2,7-8,10H,3-6,9H2,1H3. The van der Waals surface area contributed by atoms with Gasteiger partial charge in [0.25, 0.3) is 5.56 Å². The van der Waals surface area contributed by atoms with E-state index in [4.69, 9.17) is 0 Å². The van der Waals surface area contributed by atoms with Crippen LogP contribution >= 0.6 is 11.3 Å². The Bertz CT molecular complexity index is 954. The molecule has 0 radical (unpaired) electrons. The Kier molecular flexibility index (Phi) is 3.96. The molecule has 10 heteroatoms. The summed E-state index contributed by atoms with van der Waals surface area (Å²) in [6.07, 6.45) is 4.68. The van der Waals surface area contributed by atoms with Crippen molar-refractivity contribution in [2.24, 2.45) is 7.05 Å². The Hall–Kier alpha value is -2.75. The number of piperazine rings is 1. The van der Waals surface area contributed by atoms with Gasteiger partial charge in [-0.15, -0.1) is 11.3 Å². The number of rotatable bonds is 3. The summed E-state index contributed by atoms with van der Waals surface area (Å²) in [6, 6.07) is 0. The summed E-state index contributed by atoms with van der Waals surface area (Å²) in [5.41, 5.74) is 0.277. The van der Waals surface area contributed by atoms with Gasteiger partial charge in [-0.1, -0.05) is 0 Å². The number of hydrogen-bond acceptors (Lipinski definition) is 7. The lowest BCUT2D eigenvalue weighted by atomic mass is 10.3. The van der Waals surface area contributed by atoms with Crippen LogP contribution in [0.2, 0.25) is 0 Å². The Morgan fingerprint density at radius 1 is 1.24 bits per heavy atom. The van der Waals surface area contributed by atoms with Crippen LogP contribution in [0.15, 0.2) is 28.9 Å². The summed E-state index contributed by atoms with van der Waals surface area (Å²) in [5.74, 6) is -0.0778. The fraction of sp³-hybridized carbons (Fsp3) is 0.400. The molecule has 0 aliphatic carbocycles. The summed E-state index contributed by atoms with van der Waals surface area (Å²) < 4.78 is 2.89. The molecule has 1 aliphatic heterocycles. The first-order valence-corrected chi connectivity index (χ1v) is 8.81. The zero-order chi connectivity index (χ0) is 17.4. The van der Waals surface area contributed by atoms with E-state index in [0.29, 0.717) is 24.1 Å². The SMILES string of the molecule is Cn1ncc2c(=O)n(CC(=O)N3CCN(c4nccs4)CC3)cnc21. The first-order valence-electron chi connectivity index (χ1n) is 7.93. The molecule has 0 spiro atoms. The van der Waals surface area contributed by atoms with Gasteiger partial charge in [-0.05, 0) is 0 Å². The number of nitrogens with zero attached hydrogens (tertiary/aromatic N) is 7. The van der Waals surface area contributed by atoms with Gasteiger partial charge in [-0.25, -0.2) is 9.97 Å². The van der Waals surface area contributed by atoms with Crippen LogP contribution < -0.4 is 10.5 Å². The minimum Gasteiger partial charge on any atom is -0.345 e. The third-order valence-corrected chi connectivity index (χ3v) is 5.18. The first kappa shape index (κ1) is 15.8. The van der Waals surface area contributed by atoms with Crippen molar-refractivity contribution in [1.82, 2.24) is 29.2 Å². The van der Waals surface area contributed by atoms with Gasteiger partial charge >= 0.3 is 0 Å². The summed E-state index contributed by atoms with van der Waals surface area (Å²) in [5, 5.41) is 7.38. The molecule has 9 nitrogen and oxygen atoms in total. The molecule has 0 N–H and O–H groups in total. The smallest absolute Gasteiger partial charge is 0.264 e. The topological polar surface area (TPSA) is 89.2 Å². The summed E-state index contributed by atoms with van der Waals surface area (Å²) in [7, 11) is 1.73. The van der Waals surface area contributed by atoms with Crippen molar-refractivity contribution in [2.45, 2.75) is 6.54 Å². The number of carbonyl (C=O) groups is 1. The monoisotopic (exact) mass is 359 g/mol. The van der Waals surface area contributed by atoms with Crippen molar-refractivity contribution in [1.29, 1.82) is 0 Å². The van der Waals surface area contributed by atoms with Crippen LogP contribution in [0.25, 0.3) is 11.0 Å². The molecule has 1 aliphatic rings. The van der Waals surface area contributed by atoms with E-state index >= 15 is 0 Å². The molecule has 130 valence electrons. The maximum Gasteiger partial charge on any atom is 0.264 e. The fourth-order valence-electron chi connectivity index (χ4n) is 2.94. The Morgan fingerprint density at radius 2 is 2.04 bits per heavy atom. The largest absolute Gasteiger partial charge is 0.345 e. The molecule has 1 amide bonds. The maximum absolute atomic E-state index is 12.5. The lowest BCUT2D eigenvalue weighted by Gasteiger charge is -2.34. The average Bonchev–Trinajstić information content (AvgIpc) is 3.28. The van der Waals surface area contributed by atoms with Gasteiger partial charge in [0.05, 0.1) is 6.20 Å². The molecular weight excluding hydrogens is 342 g/mol. The molecule has 4 heterocycles. The Balaban J connectivity index is 1.44. The molecule has 4 rings (SSSR count). The van der Waals surface area contributed by atoms with E-state index in [-0.39, 0.29) is 18.0 Å². The van der Waals surface area contributed by atoms with E-state index in [9.17, 15) is 9.59 Å². The number of aromatic nitrogens is 5. The van der Waals surface area contributed by atoms with E-state index in [0.717, 1.165) is 18.2 Å². The molecule has 25 heavy (non-hydrogen) atoms. The number of aryl methyl sites for hydroxylation is 1. The predicted octanol–water partition coefficient (Wildman–Crippen LogP) is -0.0647. The third kappa shape index (κ3) is 2.88. The maximum atomic E-state index is 12.5. The molecule has 0 bridgehead atoms. The first-order chi connectivity index (χ1) is 12.1. The van der Waals surface area contributed by atoms with E-state index in [1.54, 1.807) is 34.2 Å². The fourth-order valence-corrected chi connectivity index (χ4v) is 3.64. The van der Waals surface area contributed by atoms with Gasteiger partial charge in [-0.2, -0.15) is 5.10 Å². The molecule has 0 saturated carbocycles. The average molecular weight is 359 g/mol. The van der Waals surface area contributed by atoms with Crippen molar-refractivity contribution >= 4 is 33.4 Å². The normalized spacial score (nSPS) is 15.1. The van der Waals surface area contributed by atoms with Gasteiger partial charge in [0.2, 0.25) is 5.91 Å². The summed E-state index contributed by atoms with van der Waals surface area (Å²) >= 11 is 1.60. The number of carbonyl (C=O) groups excluding carboxylic acids is 1. The van der Waals surface area contributed by atoms with E-state index in [2.05, 4.69) is 20.0 Å². The number of fused-ring (bicyclic) bond motifs is 1. The minimum absolute atomic E-state index is 0.00603. The Labute approximate surface area is 147 Å². The zero-order valence-corrected chi connectivity index (χ0v) is 14.5. The lowest BCUT2D eigenvalue weighted by molar-refractivity contribution is -0.132. The highest BCUT2D eigenvalue weighted by Crippen LogP contribution is 2.18. The molecule has 1 saturated heterocycles. The molecular formula is C15H17N7O2S. The van der Waals surface area contributed by atoms with E-state index in [1.807, 2.05) is 5.38 Å². The van der Waals surface area contributed by atoms with E-state index < -0.39 is 0 Å². The summed E-state index contributed by atoms with van der Waals surface area (Å²) in [4.78, 5) is 37.5. The number of anilines is 1. The highest BCUT2D eigenvalue weighted by Gasteiger charge is 2.23. The molecule has 1 fully saturated rings. The second-order valence-corrected chi connectivity index (χ2v) is 6.74. The Morgan fingerprint density at radius 3 is 2.76 bits per heavy atom. The van der Waals surface area contributed by atoms with Crippen LogP contribution in [0.3, 0.4) is 0 Å². The number of amides is 1. The second-order valence-electron chi connectivity index (χ2n) is 5.87. The second kappa shape index (κ2) is 6.28. The lowest BCUT2D eigenvalue weighted by Crippen LogP contribution is -2.50. The van der Waals surface area contributed by atoms with Crippen LogP contribution in [-0.2, 0) is 18.4 Å². The molecule has 3 aromatic heterocycles. The molecule has 3 aromatic rings. The number of thiazole rings is 1. The summed E-state index contributed by atoms with van der Waals surface area (Å²) in [6.45, 7) is 2.72.